The number of rotatable bonds is 6. The summed E-state index contributed by atoms with van der Waals surface area (Å²) in [6.07, 6.45) is 1.08. The van der Waals surface area contributed by atoms with E-state index in [9.17, 15) is 13.2 Å². The number of halogens is 1. The maximum absolute atomic E-state index is 12.6. The lowest BCUT2D eigenvalue weighted by atomic mass is 10.1. The van der Waals surface area contributed by atoms with Crippen molar-refractivity contribution < 1.29 is 13.2 Å². The van der Waals surface area contributed by atoms with Crippen molar-refractivity contribution in [3.05, 3.63) is 53.1 Å². The Kier molecular flexibility index (Phi) is 5.57. The predicted octanol–water partition coefficient (Wildman–Crippen LogP) is 4.68. The molecule has 3 rings (SSSR count). The second-order valence-corrected chi connectivity index (χ2v) is 10.5. The molecule has 0 amide bonds. The third-order valence-corrected chi connectivity index (χ3v) is 6.52. The van der Waals surface area contributed by atoms with Crippen LogP contribution in [0.3, 0.4) is 0 Å². The van der Waals surface area contributed by atoms with E-state index in [-0.39, 0.29) is 11.0 Å². The van der Waals surface area contributed by atoms with Gasteiger partial charge in [-0.15, -0.1) is 11.3 Å². The van der Waals surface area contributed by atoms with Crippen LogP contribution in [-0.2, 0) is 10.0 Å². The third-order valence-electron chi connectivity index (χ3n) is 3.45. The maximum Gasteiger partial charge on any atom is 0.229 e. The lowest BCUT2D eigenvalue weighted by Gasteiger charge is -2.09. The quantitative estimate of drug-likeness (QED) is 0.457. The first-order valence-corrected chi connectivity index (χ1v) is 11.5. The van der Waals surface area contributed by atoms with Crippen LogP contribution in [0.4, 0.5) is 5.69 Å². The van der Waals surface area contributed by atoms with Crippen LogP contribution in [0.15, 0.2) is 46.8 Å². The van der Waals surface area contributed by atoms with Crippen molar-refractivity contribution in [2.24, 2.45) is 0 Å². The first kappa shape index (κ1) is 19.2. The number of nitrogens with one attached hydrogen (secondary N) is 1. The zero-order valence-electron chi connectivity index (χ0n) is 13.9. The summed E-state index contributed by atoms with van der Waals surface area (Å²) in [5, 5.41) is 0.311. The molecule has 0 spiro atoms. The molecule has 0 fully saturated rings. The SMILES string of the molecule is CC(Sc1nc2cc(Cl)ccc2s1)C(=O)c1ccc(NS(C)(=O)=O)cc1. The molecule has 1 heterocycles. The lowest BCUT2D eigenvalue weighted by Crippen LogP contribution is -2.14. The van der Waals surface area contributed by atoms with Gasteiger partial charge in [-0.25, -0.2) is 13.4 Å². The molecule has 5 nitrogen and oxygen atoms in total. The van der Waals surface area contributed by atoms with Crippen LogP contribution in [0, 0.1) is 0 Å². The predicted molar refractivity (Wildman–Crippen MR) is 109 cm³/mol. The summed E-state index contributed by atoms with van der Waals surface area (Å²) in [6.45, 7) is 1.83. The van der Waals surface area contributed by atoms with Gasteiger partial charge in [-0.2, -0.15) is 0 Å². The van der Waals surface area contributed by atoms with Crippen LogP contribution in [0.1, 0.15) is 17.3 Å². The highest BCUT2D eigenvalue weighted by molar-refractivity contribution is 8.02. The van der Waals surface area contributed by atoms with Gasteiger partial charge in [-0.3, -0.25) is 9.52 Å². The number of ketones is 1. The molecule has 26 heavy (non-hydrogen) atoms. The second-order valence-electron chi connectivity index (χ2n) is 5.67. The van der Waals surface area contributed by atoms with Crippen LogP contribution in [0.5, 0.6) is 0 Å². The number of thiazole rings is 1. The summed E-state index contributed by atoms with van der Waals surface area (Å²) in [7, 11) is -3.34. The van der Waals surface area contributed by atoms with E-state index < -0.39 is 10.0 Å². The molecule has 0 aliphatic rings. The number of anilines is 1. The van der Waals surface area contributed by atoms with Gasteiger partial charge in [-0.1, -0.05) is 23.4 Å². The zero-order valence-corrected chi connectivity index (χ0v) is 17.1. The molecule has 1 atom stereocenters. The summed E-state index contributed by atoms with van der Waals surface area (Å²) in [6, 6.07) is 11.9. The number of aromatic nitrogens is 1. The van der Waals surface area contributed by atoms with Gasteiger partial charge in [0.2, 0.25) is 10.0 Å². The van der Waals surface area contributed by atoms with Gasteiger partial charge >= 0.3 is 0 Å². The van der Waals surface area contributed by atoms with Gasteiger partial charge < -0.3 is 0 Å². The Bertz CT molecular complexity index is 1060. The van der Waals surface area contributed by atoms with Gasteiger partial charge in [0.15, 0.2) is 10.1 Å². The molecule has 1 N–H and O–H groups in total. The molecule has 9 heteroatoms. The normalized spacial score (nSPS) is 12.9. The average Bonchev–Trinajstić information content (AvgIpc) is 2.94. The summed E-state index contributed by atoms with van der Waals surface area (Å²) < 4.78 is 26.7. The van der Waals surface area contributed by atoms with Crippen molar-refractivity contribution in [3.8, 4) is 0 Å². The van der Waals surface area contributed by atoms with E-state index in [0.29, 0.717) is 16.3 Å². The van der Waals surface area contributed by atoms with E-state index in [2.05, 4.69) is 9.71 Å². The number of thioether (sulfide) groups is 1. The molecule has 3 aromatic rings. The van der Waals surface area contributed by atoms with Crippen LogP contribution >= 0.6 is 34.7 Å². The minimum Gasteiger partial charge on any atom is -0.293 e. The number of hydrogen-bond donors (Lipinski definition) is 1. The van der Waals surface area contributed by atoms with E-state index in [4.69, 9.17) is 11.6 Å². The Hall–Kier alpha value is -1.61. The van der Waals surface area contributed by atoms with Gasteiger partial charge in [-0.05, 0) is 49.4 Å². The molecule has 0 aliphatic carbocycles. The first-order valence-electron chi connectivity index (χ1n) is 7.56. The lowest BCUT2D eigenvalue weighted by molar-refractivity contribution is 0.0994. The summed E-state index contributed by atoms with van der Waals surface area (Å²) >= 11 is 8.89. The Labute approximate surface area is 164 Å². The number of nitrogens with zero attached hydrogens (tertiary/aromatic N) is 1. The highest BCUT2D eigenvalue weighted by Crippen LogP contribution is 2.34. The number of hydrogen-bond acceptors (Lipinski definition) is 6. The molecule has 2 aromatic carbocycles. The fraction of sp³-hybridized carbons (Fsp3) is 0.176. The topological polar surface area (TPSA) is 76.1 Å². The Morgan fingerprint density at radius 3 is 2.58 bits per heavy atom. The standard InChI is InChI=1S/C17H15ClN2O3S3/c1-10(24-17-19-14-9-12(18)5-8-15(14)25-17)16(21)11-3-6-13(7-4-11)20-26(2,22)23/h3-10,20H,1-2H3. The highest BCUT2D eigenvalue weighted by atomic mass is 35.5. The average molecular weight is 427 g/mol. The van der Waals surface area contributed by atoms with Crippen LogP contribution in [0.2, 0.25) is 5.02 Å². The van der Waals surface area contributed by atoms with E-state index in [1.54, 1.807) is 30.3 Å². The summed E-state index contributed by atoms with van der Waals surface area (Å²) in [5.74, 6) is -0.0433. The molecule has 0 radical (unpaired) electrons. The van der Waals surface area contributed by atoms with Crippen LogP contribution in [-0.4, -0.2) is 30.7 Å². The molecule has 0 aliphatic heterocycles. The number of benzene rings is 2. The van der Waals surface area contributed by atoms with Crippen molar-refractivity contribution in [3.63, 3.8) is 0 Å². The minimum absolute atomic E-state index is 0.0433. The van der Waals surface area contributed by atoms with Gasteiger partial charge in [0.1, 0.15) is 0 Å². The third kappa shape index (κ3) is 4.76. The Morgan fingerprint density at radius 2 is 1.92 bits per heavy atom. The van der Waals surface area contributed by atoms with Crippen molar-refractivity contribution >= 4 is 66.4 Å². The number of fused-ring (bicyclic) bond motifs is 1. The van der Waals surface area contributed by atoms with Crippen molar-refractivity contribution in [1.29, 1.82) is 0 Å². The monoisotopic (exact) mass is 426 g/mol. The molecule has 0 saturated heterocycles. The fourth-order valence-corrected chi connectivity index (χ4v) is 5.29. The highest BCUT2D eigenvalue weighted by Gasteiger charge is 2.19. The molecular formula is C17H15ClN2O3S3. The van der Waals surface area contributed by atoms with Gasteiger partial charge in [0.25, 0.3) is 0 Å². The number of sulfonamides is 1. The zero-order chi connectivity index (χ0) is 18.9. The Morgan fingerprint density at radius 1 is 1.23 bits per heavy atom. The van der Waals surface area contributed by atoms with Gasteiger partial charge in [0, 0.05) is 16.3 Å². The maximum atomic E-state index is 12.6. The molecule has 1 aromatic heterocycles. The summed E-state index contributed by atoms with van der Waals surface area (Å²) in [4.78, 5) is 17.1. The largest absolute Gasteiger partial charge is 0.293 e. The van der Waals surface area contributed by atoms with E-state index in [1.165, 1.54) is 23.1 Å². The van der Waals surface area contributed by atoms with E-state index >= 15 is 0 Å². The molecule has 0 bridgehead atoms. The second kappa shape index (κ2) is 7.56. The van der Waals surface area contributed by atoms with Crippen molar-refractivity contribution in [2.75, 3.05) is 11.0 Å². The summed E-state index contributed by atoms with van der Waals surface area (Å²) in [5.41, 5.74) is 1.77. The Balaban J connectivity index is 1.72. The smallest absolute Gasteiger partial charge is 0.229 e. The number of Topliss-reactive ketones (excluding diaryl/α,β-unsaturated/α-hetero) is 1. The molecular weight excluding hydrogens is 412 g/mol. The first-order chi connectivity index (χ1) is 12.2. The molecule has 1 unspecified atom stereocenters. The minimum atomic E-state index is -3.34. The van der Waals surface area contributed by atoms with Crippen LogP contribution < -0.4 is 4.72 Å². The van der Waals surface area contributed by atoms with Crippen molar-refractivity contribution in [1.82, 2.24) is 4.98 Å². The fourth-order valence-electron chi connectivity index (χ4n) is 2.29. The number of carbonyl (C=O) groups excluding carboxylic acids is 1. The molecule has 0 saturated carbocycles. The van der Waals surface area contributed by atoms with Crippen LogP contribution in [0.25, 0.3) is 10.2 Å². The van der Waals surface area contributed by atoms with E-state index in [0.717, 1.165) is 20.8 Å². The van der Waals surface area contributed by atoms with Crippen molar-refractivity contribution in [2.45, 2.75) is 16.5 Å². The number of carbonyl (C=O) groups is 1. The molecule has 136 valence electrons. The van der Waals surface area contributed by atoms with Gasteiger partial charge in [0.05, 0.1) is 21.7 Å². The van der Waals surface area contributed by atoms with E-state index in [1.807, 2.05) is 19.1 Å².